The SMILES string of the molecule is COc1ccc(-c2nn(-c3ccccc3)cc2Cn2nnc(-c3ccsc3)n2)cc1. The molecule has 148 valence electrons. The number of methoxy groups -OCH3 is 1. The molecule has 0 bridgehead atoms. The van der Waals surface area contributed by atoms with Crippen LogP contribution in [0.1, 0.15) is 5.56 Å². The molecule has 0 radical (unpaired) electrons. The third-order valence-electron chi connectivity index (χ3n) is 4.72. The fourth-order valence-electron chi connectivity index (χ4n) is 3.20. The Morgan fingerprint density at radius 1 is 0.933 bits per heavy atom. The van der Waals surface area contributed by atoms with E-state index in [0.717, 1.165) is 33.8 Å². The van der Waals surface area contributed by atoms with E-state index in [-0.39, 0.29) is 0 Å². The number of para-hydroxylation sites is 1. The van der Waals surface area contributed by atoms with Crippen LogP contribution in [0.4, 0.5) is 0 Å². The van der Waals surface area contributed by atoms with E-state index in [1.54, 1.807) is 23.2 Å². The Morgan fingerprint density at radius 3 is 2.50 bits per heavy atom. The number of ether oxygens (including phenoxy) is 1. The second-order valence-electron chi connectivity index (χ2n) is 6.67. The molecule has 0 amide bonds. The van der Waals surface area contributed by atoms with Crippen LogP contribution in [-0.4, -0.2) is 37.1 Å². The van der Waals surface area contributed by atoms with E-state index in [9.17, 15) is 0 Å². The van der Waals surface area contributed by atoms with Crippen molar-refractivity contribution < 1.29 is 4.74 Å². The maximum absolute atomic E-state index is 5.29. The quantitative estimate of drug-likeness (QED) is 0.414. The number of rotatable bonds is 6. The highest BCUT2D eigenvalue weighted by Crippen LogP contribution is 2.26. The Morgan fingerprint density at radius 2 is 1.77 bits per heavy atom. The first-order valence-corrected chi connectivity index (χ1v) is 10.3. The first-order valence-electron chi connectivity index (χ1n) is 9.39. The molecule has 0 atom stereocenters. The van der Waals surface area contributed by atoms with Gasteiger partial charge in [0.05, 0.1) is 25.0 Å². The lowest BCUT2D eigenvalue weighted by molar-refractivity contribution is 0.415. The van der Waals surface area contributed by atoms with Gasteiger partial charge in [0.15, 0.2) is 0 Å². The van der Waals surface area contributed by atoms with Gasteiger partial charge in [-0.3, -0.25) is 0 Å². The predicted molar refractivity (Wildman–Crippen MR) is 116 cm³/mol. The van der Waals surface area contributed by atoms with Crippen molar-refractivity contribution in [1.29, 1.82) is 0 Å². The molecule has 2 aromatic carbocycles. The molecule has 3 heterocycles. The molecule has 0 spiro atoms. The molecule has 3 aromatic heterocycles. The topological polar surface area (TPSA) is 70.7 Å². The maximum Gasteiger partial charge on any atom is 0.205 e. The van der Waals surface area contributed by atoms with Gasteiger partial charge in [0.25, 0.3) is 0 Å². The summed E-state index contributed by atoms with van der Waals surface area (Å²) in [4.78, 5) is 1.60. The summed E-state index contributed by atoms with van der Waals surface area (Å²) < 4.78 is 7.17. The van der Waals surface area contributed by atoms with Gasteiger partial charge in [-0.2, -0.15) is 21.2 Å². The van der Waals surface area contributed by atoms with Crippen LogP contribution in [0.15, 0.2) is 77.6 Å². The van der Waals surface area contributed by atoms with Gasteiger partial charge in [0.2, 0.25) is 5.82 Å². The summed E-state index contributed by atoms with van der Waals surface area (Å²) in [6, 6.07) is 19.9. The third-order valence-corrected chi connectivity index (χ3v) is 5.40. The molecule has 0 N–H and O–H groups in total. The number of aromatic nitrogens is 6. The van der Waals surface area contributed by atoms with E-state index in [4.69, 9.17) is 9.84 Å². The molecule has 8 heteroatoms. The Hall–Kier alpha value is -3.78. The minimum Gasteiger partial charge on any atom is -0.497 e. The van der Waals surface area contributed by atoms with Crippen molar-refractivity contribution in [3.05, 3.63) is 83.2 Å². The van der Waals surface area contributed by atoms with Gasteiger partial charge in [-0.25, -0.2) is 4.68 Å². The Bertz CT molecular complexity index is 1240. The monoisotopic (exact) mass is 414 g/mol. The number of tetrazole rings is 1. The lowest BCUT2D eigenvalue weighted by atomic mass is 10.1. The molecule has 5 rings (SSSR count). The maximum atomic E-state index is 5.29. The molecule has 7 nitrogen and oxygen atoms in total. The zero-order valence-corrected chi connectivity index (χ0v) is 17.0. The van der Waals surface area contributed by atoms with Gasteiger partial charge < -0.3 is 4.74 Å². The first-order chi connectivity index (χ1) is 14.8. The summed E-state index contributed by atoms with van der Waals surface area (Å²) in [7, 11) is 1.66. The molecule has 0 aliphatic rings. The summed E-state index contributed by atoms with van der Waals surface area (Å²) in [5.74, 6) is 1.43. The lowest BCUT2D eigenvalue weighted by Gasteiger charge is -2.04. The van der Waals surface area contributed by atoms with Crippen molar-refractivity contribution in [3.8, 4) is 34.1 Å². The molecule has 0 fully saturated rings. The van der Waals surface area contributed by atoms with Crippen LogP contribution in [0.3, 0.4) is 0 Å². The second-order valence-corrected chi connectivity index (χ2v) is 7.45. The average Bonchev–Trinajstić information content (AvgIpc) is 3.56. The minimum absolute atomic E-state index is 0.464. The van der Waals surface area contributed by atoms with Crippen molar-refractivity contribution in [3.63, 3.8) is 0 Å². The van der Waals surface area contributed by atoms with E-state index in [0.29, 0.717) is 12.4 Å². The van der Waals surface area contributed by atoms with Crippen LogP contribution < -0.4 is 4.74 Å². The van der Waals surface area contributed by atoms with Crippen LogP contribution in [-0.2, 0) is 6.54 Å². The number of benzene rings is 2. The van der Waals surface area contributed by atoms with Gasteiger partial charge in [0, 0.05) is 28.3 Å². The fraction of sp³-hybridized carbons (Fsp3) is 0.0909. The first kappa shape index (κ1) is 18.3. The Labute approximate surface area is 177 Å². The number of nitrogens with zero attached hydrogens (tertiary/aromatic N) is 6. The standard InChI is InChI=1S/C22H18N6OS/c1-29-20-9-7-16(8-10-20)21-18(13-27(24-21)19-5-3-2-4-6-19)14-28-25-22(23-26-28)17-11-12-30-15-17/h2-13,15H,14H2,1H3. The van der Waals surface area contributed by atoms with E-state index in [1.807, 2.05) is 82.3 Å². The molecule has 0 saturated heterocycles. The largest absolute Gasteiger partial charge is 0.497 e. The summed E-state index contributed by atoms with van der Waals surface area (Å²) >= 11 is 1.61. The smallest absolute Gasteiger partial charge is 0.205 e. The van der Waals surface area contributed by atoms with E-state index < -0.39 is 0 Å². The van der Waals surface area contributed by atoms with Crippen LogP contribution in [0.2, 0.25) is 0 Å². The van der Waals surface area contributed by atoms with Crippen molar-refractivity contribution >= 4 is 11.3 Å². The molecule has 0 aliphatic heterocycles. The van der Waals surface area contributed by atoms with Crippen molar-refractivity contribution in [2.45, 2.75) is 6.54 Å². The summed E-state index contributed by atoms with van der Waals surface area (Å²) in [6.07, 6.45) is 2.02. The molecule has 30 heavy (non-hydrogen) atoms. The Balaban J connectivity index is 1.53. The van der Waals surface area contributed by atoms with Gasteiger partial charge in [-0.1, -0.05) is 18.2 Å². The fourth-order valence-corrected chi connectivity index (χ4v) is 3.83. The van der Waals surface area contributed by atoms with Crippen LogP contribution in [0, 0.1) is 0 Å². The van der Waals surface area contributed by atoms with Crippen molar-refractivity contribution in [2.75, 3.05) is 7.11 Å². The van der Waals surface area contributed by atoms with E-state index in [2.05, 4.69) is 15.4 Å². The Kier molecular flexibility index (Phi) is 4.82. The summed E-state index contributed by atoms with van der Waals surface area (Å²) in [5, 5.41) is 21.8. The summed E-state index contributed by atoms with van der Waals surface area (Å²) in [6.45, 7) is 0.464. The second kappa shape index (κ2) is 7.92. The highest BCUT2D eigenvalue weighted by Gasteiger charge is 2.15. The van der Waals surface area contributed by atoms with Gasteiger partial charge in [-0.15, -0.1) is 10.2 Å². The third kappa shape index (κ3) is 3.60. The molecular formula is C22H18N6OS. The van der Waals surface area contributed by atoms with E-state index >= 15 is 0 Å². The molecule has 0 unspecified atom stereocenters. The highest BCUT2D eigenvalue weighted by atomic mass is 32.1. The number of thiophene rings is 1. The van der Waals surface area contributed by atoms with Crippen molar-refractivity contribution in [1.82, 2.24) is 30.0 Å². The van der Waals surface area contributed by atoms with Crippen molar-refractivity contribution in [2.24, 2.45) is 0 Å². The molecular weight excluding hydrogens is 396 g/mol. The average molecular weight is 414 g/mol. The predicted octanol–water partition coefficient (Wildman–Crippen LogP) is 4.31. The lowest BCUT2D eigenvalue weighted by Crippen LogP contribution is -2.04. The molecule has 5 aromatic rings. The van der Waals surface area contributed by atoms with Gasteiger partial charge in [-0.05, 0) is 53.1 Å². The molecule has 0 aliphatic carbocycles. The van der Waals surface area contributed by atoms with Crippen LogP contribution >= 0.6 is 11.3 Å². The minimum atomic E-state index is 0.464. The summed E-state index contributed by atoms with van der Waals surface area (Å²) in [5.41, 5.74) is 4.83. The van der Waals surface area contributed by atoms with E-state index in [1.165, 1.54) is 0 Å². The van der Waals surface area contributed by atoms with Gasteiger partial charge in [0.1, 0.15) is 5.75 Å². The van der Waals surface area contributed by atoms with Crippen LogP contribution in [0.25, 0.3) is 28.3 Å². The van der Waals surface area contributed by atoms with Gasteiger partial charge >= 0.3 is 0 Å². The van der Waals surface area contributed by atoms with Crippen LogP contribution in [0.5, 0.6) is 5.75 Å². The zero-order valence-electron chi connectivity index (χ0n) is 16.2. The number of hydrogen-bond donors (Lipinski definition) is 0. The normalized spacial score (nSPS) is 11.0. The molecule has 0 saturated carbocycles. The highest BCUT2D eigenvalue weighted by molar-refractivity contribution is 7.08. The zero-order chi connectivity index (χ0) is 20.3. The number of hydrogen-bond acceptors (Lipinski definition) is 6.